The smallest absolute Gasteiger partial charge is 0.242 e. The third kappa shape index (κ3) is 2.83. The zero-order chi connectivity index (χ0) is 13.8. The first-order chi connectivity index (χ1) is 9.15. The van der Waals surface area contributed by atoms with Gasteiger partial charge in [0.25, 0.3) is 0 Å². The molecule has 1 aliphatic heterocycles. The van der Waals surface area contributed by atoms with E-state index in [0.717, 1.165) is 11.4 Å². The van der Waals surface area contributed by atoms with Gasteiger partial charge >= 0.3 is 0 Å². The molecule has 1 saturated heterocycles. The molecule has 1 fully saturated rings. The molecule has 0 saturated carbocycles. The minimum Gasteiger partial charge on any atom is -0.373 e. The summed E-state index contributed by atoms with van der Waals surface area (Å²) in [6.45, 7) is 3.18. The van der Waals surface area contributed by atoms with Gasteiger partial charge in [-0.1, -0.05) is 6.07 Å². The van der Waals surface area contributed by atoms with Gasteiger partial charge in [0.15, 0.2) is 0 Å². The largest absolute Gasteiger partial charge is 0.373 e. The molecular formula is C13H18N4O2. The van der Waals surface area contributed by atoms with E-state index in [1.807, 2.05) is 19.1 Å². The minimum atomic E-state index is -0.0210. The zero-order valence-corrected chi connectivity index (χ0v) is 11.2. The molecule has 2 rings (SSSR count). The lowest BCUT2D eigenvalue weighted by Gasteiger charge is -2.33. The van der Waals surface area contributed by atoms with E-state index < -0.39 is 0 Å². The highest BCUT2D eigenvalue weighted by molar-refractivity contribution is 5.92. The summed E-state index contributed by atoms with van der Waals surface area (Å²) in [7, 11) is 1.79. The van der Waals surface area contributed by atoms with E-state index in [-0.39, 0.29) is 24.9 Å². The number of anilines is 1. The number of carbonyl (C=O) groups excluding carboxylic acids is 2. The summed E-state index contributed by atoms with van der Waals surface area (Å²) in [6.07, 6.45) is 1.69. The van der Waals surface area contributed by atoms with Crippen LogP contribution in [0, 0.1) is 0 Å². The predicted octanol–water partition coefficient (Wildman–Crippen LogP) is 0.314. The van der Waals surface area contributed by atoms with Gasteiger partial charge in [0.2, 0.25) is 11.8 Å². The van der Waals surface area contributed by atoms with Gasteiger partial charge in [-0.15, -0.1) is 0 Å². The number of nitrogens with one attached hydrogen (secondary N) is 1. The minimum absolute atomic E-state index is 0.00278. The molecule has 0 unspecified atom stereocenters. The molecule has 0 aliphatic carbocycles. The molecule has 2 amide bonds. The predicted molar refractivity (Wildman–Crippen MR) is 71.5 cm³/mol. The highest BCUT2D eigenvalue weighted by Crippen LogP contribution is 2.15. The van der Waals surface area contributed by atoms with Crippen molar-refractivity contribution in [2.75, 3.05) is 32.0 Å². The lowest BCUT2D eigenvalue weighted by Crippen LogP contribution is -2.53. The van der Waals surface area contributed by atoms with Gasteiger partial charge in [0, 0.05) is 31.9 Å². The van der Waals surface area contributed by atoms with Crippen molar-refractivity contribution in [2.45, 2.75) is 13.5 Å². The Balaban J connectivity index is 2.11. The number of pyridine rings is 1. The molecule has 0 atom stereocenters. The second-order valence-electron chi connectivity index (χ2n) is 4.42. The average molecular weight is 262 g/mol. The van der Waals surface area contributed by atoms with Gasteiger partial charge in [-0.2, -0.15) is 0 Å². The molecule has 6 heteroatoms. The summed E-state index contributed by atoms with van der Waals surface area (Å²) < 4.78 is 0. The van der Waals surface area contributed by atoms with Crippen molar-refractivity contribution in [3.8, 4) is 0 Å². The molecule has 102 valence electrons. The van der Waals surface area contributed by atoms with E-state index in [1.165, 1.54) is 0 Å². The Morgan fingerprint density at radius 1 is 1.26 bits per heavy atom. The Bertz CT molecular complexity index is 489. The molecule has 1 aromatic heterocycles. The van der Waals surface area contributed by atoms with E-state index in [2.05, 4.69) is 10.3 Å². The van der Waals surface area contributed by atoms with Crippen LogP contribution < -0.4 is 5.32 Å². The Morgan fingerprint density at radius 2 is 1.95 bits per heavy atom. The fourth-order valence-corrected chi connectivity index (χ4v) is 2.13. The van der Waals surface area contributed by atoms with Gasteiger partial charge in [0.05, 0.1) is 6.54 Å². The van der Waals surface area contributed by atoms with E-state index in [4.69, 9.17) is 0 Å². The van der Waals surface area contributed by atoms with Gasteiger partial charge in [-0.25, -0.2) is 4.98 Å². The van der Waals surface area contributed by atoms with E-state index in [0.29, 0.717) is 13.1 Å². The van der Waals surface area contributed by atoms with Gasteiger partial charge in [-0.3, -0.25) is 9.59 Å². The van der Waals surface area contributed by atoms with Crippen LogP contribution >= 0.6 is 0 Å². The maximum atomic E-state index is 12.0. The number of aromatic nitrogens is 1. The van der Waals surface area contributed by atoms with Crippen LogP contribution in [0.5, 0.6) is 0 Å². The van der Waals surface area contributed by atoms with E-state index in [1.54, 1.807) is 23.0 Å². The van der Waals surface area contributed by atoms with Crippen LogP contribution in [-0.2, 0) is 16.1 Å². The number of likely N-dealkylation sites (N-methyl/N-ethyl adjacent to an activating group) is 1. The zero-order valence-electron chi connectivity index (χ0n) is 11.2. The van der Waals surface area contributed by atoms with E-state index >= 15 is 0 Å². The van der Waals surface area contributed by atoms with Crippen LogP contribution in [0.3, 0.4) is 0 Å². The second kappa shape index (κ2) is 5.69. The van der Waals surface area contributed by atoms with Crippen molar-refractivity contribution in [1.82, 2.24) is 14.8 Å². The Labute approximate surface area is 112 Å². The third-order valence-corrected chi connectivity index (χ3v) is 3.23. The number of rotatable bonds is 4. The molecule has 0 aromatic carbocycles. The third-order valence-electron chi connectivity index (χ3n) is 3.23. The molecule has 0 spiro atoms. The van der Waals surface area contributed by atoms with Crippen LogP contribution in [-0.4, -0.2) is 53.3 Å². The van der Waals surface area contributed by atoms with Gasteiger partial charge in [-0.05, 0) is 13.0 Å². The van der Waals surface area contributed by atoms with Crippen molar-refractivity contribution in [2.24, 2.45) is 0 Å². The summed E-state index contributed by atoms with van der Waals surface area (Å²) in [5, 5.41) is 2.99. The molecule has 19 heavy (non-hydrogen) atoms. The van der Waals surface area contributed by atoms with Crippen LogP contribution in [0.4, 0.5) is 5.82 Å². The molecule has 0 radical (unpaired) electrons. The topological polar surface area (TPSA) is 65.5 Å². The standard InChI is InChI=1S/C13H18N4O2/c1-3-16-8-12(19)17(9-11(16)18)7-10-5-4-6-15-13(10)14-2/h4-6H,3,7-9H2,1-2H3,(H,14,15). The first-order valence-corrected chi connectivity index (χ1v) is 6.33. The Hall–Kier alpha value is -2.11. The molecular weight excluding hydrogens is 244 g/mol. The fraction of sp³-hybridized carbons (Fsp3) is 0.462. The van der Waals surface area contributed by atoms with E-state index in [9.17, 15) is 9.59 Å². The Kier molecular flexibility index (Phi) is 3.99. The number of amides is 2. The Morgan fingerprint density at radius 3 is 2.63 bits per heavy atom. The number of carbonyl (C=O) groups is 2. The number of piperazine rings is 1. The number of hydrogen-bond donors (Lipinski definition) is 1. The first kappa shape index (κ1) is 13.3. The normalized spacial score (nSPS) is 15.9. The summed E-state index contributed by atoms with van der Waals surface area (Å²) in [5.74, 6) is 0.713. The lowest BCUT2D eigenvalue weighted by molar-refractivity contribution is -0.150. The van der Waals surface area contributed by atoms with Crippen LogP contribution in [0.15, 0.2) is 18.3 Å². The molecule has 0 bridgehead atoms. The SMILES string of the molecule is CCN1CC(=O)N(Cc2cccnc2NC)CC1=O. The molecule has 2 heterocycles. The average Bonchev–Trinajstić information content (AvgIpc) is 2.43. The fourth-order valence-electron chi connectivity index (χ4n) is 2.13. The van der Waals surface area contributed by atoms with Crippen molar-refractivity contribution < 1.29 is 9.59 Å². The van der Waals surface area contributed by atoms with Crippen LogP contribution in [0.2, 0.25) is 0 Å². The van der Waals surface area contributed by atoms with Crippen LogP contribution in [0.1, 0.15) is 12.5 Å². The number of hydrogen-bond acceptors (Lipinski definition) is 4. The first-order valence-electron chi connectivity index (χ1n) is 6.33. The molecule has 6 nitrogen and oxygen atoms in total. The van der Waals surface area contributed by atoms with Crippen molar-refractivity contribution in [3.05, 3.63) is 23.9 Å². The van der Waals surface area contributed by atoms with Gasteiger partial charge < -0.3 is 15.1 Å². The van der Waals surface area contributed by atoms with Crippen molar-refractivity contribution >= 4 is 17.6 Å². The van der Waals surface area contributed by atoms with Crippen LogP contribution in [0.25, 0.3) is 0 Å². The summed E-state index contributed by atoms with van der Waals surface area (Å²) >= 11 is 0. The quantitative estimate of drug-likeness (QED) is 0.848. The maximum Gasteiger partial charge on any atom is 0.242 e. The summed E-state index contributed by atoms with van der Waals surface area (Å²) in [4.78, 5) is 31.2. The van der Waals surface area contributed by atoms with Crippen molar-refractivity contribution in [3.63, 3.8) is 0 Å². The second-order valence-corrected chi connectivity index (χ2v) is 4.42. The molecule has 1 aromatic rings. The highest BCUT2D eigenvalue weighted by atomic mass is 16.2. The lowest BCUT2D eigenvalue weighted by atomic mass is 10.2. The maximum absolute atomic E-state index is 12.0. The van der Waals surface area contributed by atoms with Gasteiger partial charge in [0.1, 0.15) is 12.4 Å². The molecule has 1 aliphatic rings. The molecule has 1 N–H and O–H groups in total. The number of nitrogens with zero attached hydrogens (tertiary/aromatic N) is 3. The highest BCUT2D eigenvalue weighted by Gasteiger charge is 2.29. The monoisotopic (exact) mass is 262 g/mol. The van der Waals surface area contributed by atoms with Crippen molar-refractivity contribution in [1.29, 1.82) is 0 Å². The summed E-state index contributed by atoms with van der Waals surface area (Å²) in [5.41, 5.74) is 0.913. The summed E-state index contributed by atoms with van der Waals surface area (Å²) in [6, 6.07) is 3.73.